The lowest BCUT2D eigenvalue weighted by Gasteiger charge is -2.25. The number of likely N-dealkylation sites (N-methyl/N-ethyl adjacent to an activating group) is 1. The molecule has 2 unspecified atom stereocenters. The molecule has 1 N–H and O–H groups in total. The fourth-order valence-electron chi connectivity index (χ4n) is 8.33. The van der Waals surface area contributed by atoms with Crippen LogP contribution < -0.4 is 0 Å². The summed E-state index contributed by atoms with van der Waals surface area (Å²) in [6, 6.07) is 0. The predicted molar refractivity (Wildman–Crippen MR) is 327 cm³/mol. The van der Waals surface area contributed by atoms with Gasteiger partial charge in [-0.25, -0.2) is 4.79 Å². The van der Waals surface area contributed by atoms with Crippen LogP contribution in [0.15, 0.2) is 109 Å². The quantitative estimate of drug-likeness (QED) is 0.0211. The number of esters is 2. The van der Waals surface area contributed by atoms with Crippen molar-refractivity contribution in [1.82, 2.24) is 0 Å². The van der Waals surface area contributed by atoms with Gasteiger partial charge in [-0.1, -0.05) is 245 Å². The number of allylic oxidation sites excluding steroid dienone is 18. The normalized spacial score (nSPS) is 13.5. The predicted octanol–water partition coefficient (Wildman–Crippen LogP) is 18.7. The van der Waals surface area contributed by atoms with E-state index in [0.29, 0.717) is 23.9 Å². The number of unbranched alkanes of at least 4 members (excludes halogenated alkanes) is 23. The largest absolute Gasteiger partial charge is 0.477 e. The van der Waals surface area contributed by atoms with Gasteiger partial charge in [0, 0.05) is 12.8 Å². The first-order valence-electron chi connectivity index (χ1n) is 31.1. The number of rotatable bonds is 56. The molecule has 0 amide bonds. The molecule has 9 nitrogen and oxygen atoms in total. The van der Waals surface area contributed by atoms with Crippen molar-refractivity contribution in [2.45, 2.75) is 257 Å². The molecule has 0 saturated carbocycles. The van der Waals surface area contributed by atoms with E-state index in [-0.39, 0.29) is 38.6 Å². The Morgan fingerprint density at radius 3 is 1.05 bits per heavy atom. The highest BCUT2D eigenvalue weighted by Gasteiger charge is 2.25. The Hall–Kier alpha value is -4.05. The molecule has 9 heteroatoms. The molecule has 0 aromatic heterocycles. The van der Waals surface area contributed by atoms with Crippen molar-refractivity contribution < 1.29 is 42.9 Å². The summed E-state index contributed by atoms with van der Waals surface area (Å²) >= 11 is 0. The Morgan fingerprint density at radius 1 is 0.390 bits per heavy atom. The fraction of sp³-hybridized carbons (Fsp3) is 0.691. The number of ether oxygens (including phenoxy) is 4. The highest BCUT2D eigenvalue weighted by Crippen LogP contribution is 2.16. The van der Waals surface area contributed by atoms with E-state index >= 15 is 0 Å². The van der Waals surface area contributed by atoms with E-state index in [1.807, 2.05) is 21.1 Å². The second kappa shape index (κ2) is 58.1. The minimum atomic E-state index is -1.52. The maximum Gasteiger partial charge on any atom is 0.361 e. The van der Waals surface area contributed by atoms with Crippen LogP contribution in [-0.2, 0) is 33.3 Å². The minimum absolute atomic E-state index is 0.180. The van der Waals surface area contributed by atoms with E-state index in [1.54, 1.807) is 0 Å². The maximum absolute atomic E-state index is 12.9. The Bertz CT molecular complexity index is 1630. The highest BCUT2D eigenvalue weighted by atomic mass is 16.7. The average molecular weight is 1080 g/mol. The third kappa shape index (κ3) is 59.5. The van der Waals surface area contributed by atoms with Crippen molar-refractivity contribution in [1.29, 1.82) is 0 Å². The molecule has 0 saturated heterocycles. The van der Waals surface area contributed by atoms with Gasteiger partial charge >= 0.3 is 17.9 Å². The lowest BCUT2D eigenvalue weighted by Crippen LogP contribution is -2.40. The zero-order valence-corrected chi connectivity index (χ0v) is 50.1. The number of quaternary nitrogens is 1. The third-order valence-corrected chi connectivity index (χ3v) is 13.0. The van der Waals surface area contributed by atoms with Gasteiger partial charge in [-0.15, -0.1) is 0 Å². The standard InChI is InChI=1S/C68H115NO8/c1-6-8-10-12-14-16-18-20-21-22-23-24-25-26-27-28-29-30-31-32-33-34-35-36-37-38-39-40-41-42-43-44-45-47-49-51-53-55-57-59-66(71)77-64(63-76-68(67(72)73)74-61-60-69(3,4)5)62-75-65(70)58-56-54-52-50-48-46-19-17-15-13-11-9-7-2/h8-11,14-17,20-21,23-24,26-27,29-30,46,48,64,68H,6-7,12-13,18-19,22,25,28,31-45,47,49-63H2,1-5H3/p+1/b10-8-,11-9-,16-14-,17-15-,21-20-,24-23-,27-26-,30-29-,48-46-. The first kappa shape index (κ1) is 73.0. The smallest absolute Gasteiger partial charge is 0.361 e. The van der Waals surface area contributed by atoms with E-state index in [0.717, 1.165) is 89.9 Å². The van der Waals surface area contributed by atoms with Crippen molar-refractivity contribution in [3.8, 4) is 0 Å². The number of aliphatic carboxylic acids is 1. The van der Waals surface area contributed by atoms with Crippen LogP contribution in [0, 0.1) is 0 Å². The molecule has 0 spiro atoms. The monoisotopic (exact) mass is 1070 g/mol. The molecule has 0 aromatic rings. The number of nitrogens with zero attached hydrogens (tertiary/aromatic N) is 1. The molecular weight excluding hydrogens is 959 g/mol. The highest BCUT2D eigenvalue weighted by molar-refractivity contribution is 5.71. The van der Waals surface area contributed by atoms with Gasteiger partial charge in [-0.3, -0.25) is 9.59 Å². The van der Waals surface area contributed by atoms with Crippen LogP contribution in [0.2, 0.25) is 0 Å². The fourth-order valence-corrected chi connectivity index (χ4v) is 8.33. The number of hydrogen-bond donors (Lipinski definition) is 1. The van der Waals surface area contributed by atoms with Crippen LogP contribution in [0.4, 0.5) is 0 Å². The molecule has 0 bridgehead atoms. The number of carboxylic acids is 1. The Labute approximate surface area is 473 Å². The summed E-state index contributed by atoms with van der Waals surface area (Å²) in [5, 5.41) is 9.69. The van der Waals surface area contributed by atoms with Gasteiger partial charge in [0.1, 0.15) is 13.2 Å². The van der Waals surface area contributed by atoms with E-state index in [9.17, 15) is 19.5 Å². The molecule has 0 aromatic carbocycles. The van der Waals surface area contributed by atoms with Crippen molar-refractivity contribution in [3.63, 3.8) is 0 Å². The lowest BCUT2D eigenvalue weighted by atomic mass is 10.0. The molecule has 0 aliphatic rings. The number of carboxylic acid groups (broad SMARTS) is 1. The number of carbonyl (C=O) groups is 3. The summed E-state index contributed by atoms with van der Waals surface area (Å²) in [5.74, 6) is -2.05. The zero-order valence-electron chi connectivity index (χ0n) is 50.1. The first-order valence-corrected chi connectivity index (χ1v) is 31.1. The summed E-state index contributed by atoms with van der Waals surface area (Å²) in [5.41, 5.74) is 0. The van der Waals surface area contributed by atoms with Gasteiger partial charge in [0.25, 0.3) is 6.29 Å². The molecule has 2 atom stereocenters. The average Bonchev–Trinajstić information content (AvgIpc) is 3.40. The Morgan fingerprint density at radius 2 is 0.701 bits per heavy atom. The van der Waals surface area contributed by atoms with Gasteiger partial charge in [0.15, 0.2) is 6.10 Å². The van der Waals surface area contributed by atoms with E-state index in [1.165, 1.54) is 116 Å². The molecule has 0 aliphatic carbocycles. The summed E-state index contributed by atoms with van der Waals surface area (Å²) in [4.78, 5) is 37.3. The maximum atomic E-state index is 12.9. The Kier molecular flexibility index (Phi) is 55.1. The minimum Gasteiger partial charge on any atom is -0.477 e. The summed E-state index contributed by atoms with van der Waals surface area (Å²) in [7, 11) is 5.95. The van der Waals surface area contributed by atoms with Crippen molar-refractivity contribution in [3.05, 3.63) is 109 Å². The molecule has 0 aliphatic heterocycles. The van der Waals surface area contributed by atoms with Gasteiger partial charge in [0.05, 0.1) is 34.4 Å². The summed E-state index contributed by atoms with van der Waals surface area (Å²) in [6.07, 6.45) is 77.8. The van der Waals surface area contributed by atoms with Crippen LogP contribution in [0.3, 0.4) is 0 Å². The summed E-state index contributed by atoms with van der Waals surface area (Å²) < 4.78 is 22.8. The van der Waals surface area contributed by atoms with Crippen LogP contribution in [0.1, 0.15) is 245 Å². The first-order chi connectivity index (χ1) is 37.6. The van der Waals surface area contributed by atoms with Crippen LogP contribution >= 0.6 is 0 Å². The lowest BCUT2D eigenvalue weighted by molar-refractivity contribution is -0.870. The zero-order chi connectivity index (χ0) is 56.2. The topological polar surface area (TPSA) is 108 Å². The van der Waals surface area contributed by atoms with Crippen LogP contribution in [0.5, 0.6) is 0 Å². The second-order valence-electron chi connectivity index (χ2n) is 21.6. The number of carbonyl (C=O) groups excluding carboxylic acids is 2. The molecule has 0 radical (unpaired) electrons. The van der Waals surface area contributed by atoms with Gasteiger partial charge in [0.2, 0.25) is 0 Å². The van der Waals surface area contributed by atoms with Gasteiger partial charge in [-0.05, 0) is 96.3 Å². The van der Waals surface area contributed by atoms with Crippen LogP contribution in [0.25, 0.3) is 0 Å². The molecule has 77 heavy (non-hydrogen) atoms. The summed E-state index contributed by atoms with van der Waals surface area (Å²) in [6.45, 7) is 4.61. The van der Waals surface area contributed by atoms with Crippen molar-refractivity contribution >= 4 is 17.9 Å². The third-order valence-electron chi connectivity index (χ3n) is 13.0. The van der Waals surface area contributed by atoms with E-state index in [2.05, 4.69) is 123 Å². The second-order valence-corrected chi connectivity index (χ2v) is 21.6. The molecular formula is C68H116NO8+. The van der Waals surface area contributed by atoms with Crippen LogP contribution in [-0.4, -0.2) is 87.4 Å². The Balaban J connectivity index is 4.01. The van der Waals surface area contributed by atoms with Gasteiger partial charge < -0.3 is 28.5 Å². The number of hydrogen-bond acceptors (Lipinski definition) is 7. The van der Waals surface area contributed by atoms with E-state index < -0.39 is 24.3 Å². The molecule has 0 fully saturated rings. The molecule has 0 rings (SSSR count). The molecule has 440 valence electrons. The van der Waals surface area contributed by atoms with Crippen molar-refractivity contribution in [2.75, 3.05) is 47.5 Å². The molecule has 0 heterocycles. The van der Waals surface area contributed by atoms with Crippen molar-refractivity contribution in [2.24, 2.45) is 0 Å². The van der Waals surface area contributed by atoms with E-state index in [4.69, 9.17) is 18.9 Å². The van der Waals surface area contributed by atoms with Gasteiger partial charge in [-0.2, -0.15) is 0 Å². The SMILES string of the molecule is CC/C=C\C/C=C\C/C=C\C/C=C\C/C=C\C/C=C\CCCCCCCCCCCCCCCCCCCCCCC(=O)OC(COC(=O)CCCCC/C=C\C/C=C\C/C=C\CC)COC(OCC[N+](C)(C)C)C(=O)O.